The molecule has 0 aromatic heterocycles. The monoisotopic (exact) mass is 207 g/mol. The van der Waals surface area contributed by atoms with E-state index in [1.165, 1.54) is 6.07 Å². The number of carbonyl (C=O) groups excluding carboxylic acids is 1. The molecule has 1 saturated heterocycles. The second-order valence-corrected chi connectivity index (χ2v) is 4.05. The van der Waals surface area contributed by atoms with Gasteiger partial charge in [-0.3, -0.25) is 4.79 Å². The molecule has 0 amide bonds. The Labute approximate surface area is 88.7 Å². The highest BCUT2D eigenvalue weighted by Crippen LogP contribution is 2.25. The number of ketones is 1. The second kappa shape index (κ2) is 4.11. The lowest BCUT2D eigenvalue weighted by Crippen LogP contribution is -2.37. The third kappa shape index (κ3) is 2.07. The third-order valence-corrected chi connectivity index (χ3v) is 2.90. The van der Waals surface area contributed by atoms with Crippen LogP contribution in [0.25, 0.3) is 0 Å². The van der Waals surface area contributed by atoms with Gasteiger partial charge in [-0.05, 0) is 18.7 Å². The molecule has 1 aromatic carbocycles. The molecule has 1 atom stereocenters. The molecule has 0 N–H and O–H groups in total. The summed E-state index contributed by atoms with van der Waals surface area (Å²) in [4.78, 5) is 13.8. The van der Waals surface area contributed by atoms with Crippen molar-refractivity contribution in [3.05, 3.63) is 35.6 Å². The molecule has 0 aliphatic carbocycles. The van der Waals surface area contributed by atoms with Crippen molar-refractivity contribution in [2.45, 2.75) is 12.3 Å². The lowest BCUT2D eigenvalue weighted by atomic mass is 9.89. The molecule has 0 radical (unpaired) electrons. The first-order valence-corrected chi connectivity index (χ1v) is 5.14. The fourth-order valence-electron chi connectivity index (χ4n) is 2.01. The van der Waals surface area contributed by atoms with Crippen molar-refractivity contribution >= 4 is 5.78 Å². The van der Waals surface area contributed by atoms with E-state index in [1.54, 1.807) is 18.2 Å². The van der Waals surface area contributed by atoms with Crippen molar-refractivity contribution in [1.82, 2.24) is 4.90 Å². The smallest absolute Gasteiger partial charge is 0.143 e. The molecule has 80 valence electrons. The summed E-state index contributed by atoms with van der Waals surface area (Å²) >= 11 is 0. The Bertz CT molecular complexity index is 378. The minimum absolute atomic E-state index is 0.151. The maximum atomic E-state index is 13.5. The average Bonchev–Trinajstić information content (AvgIpc) is 2.23. The standard InChI is InChI=1S/C12H14FNO/c1-14-7-6-12(15)10(8-14)9-4-2-3-5-11(9)13/h2-5,10H,6-8H2,1H3. The van der Waals surface area contributed by atoms with E-state index in [4.69, 9.17) is 0 Å². The van der Waals surface area contributed by atoms with Gasteiger partial charge in [0.2, 0.25) is 0 Å². The molecule has 0 spiro atoms. The number of rotatable bonds is 1. The van der Waals surface area contributed by atoms with E-state index in [0.29, 0.717) is 18.5 Å². The van der Waals surface area contributed by atoms with Crippen molar-refractivity contribution in [1.29, 1.82) is 0 Å². The Kier molecular flexibility index (Phi) is 2.82. The molecule has 1 aliphatic rings. The van der Waals surface area contributed by atoms with Crippen molar-refractivity contribution in [3.8, 4) is 0 Å². The van der Waals surface area contributed by atoms with E-state index in [-0.39, 0.29) is 17.5 Å². The van der Waals surface area contributed by atoms with Crippen LogP contribution in [-0.2, 0) is 4.79 Å². The summed E-state index contributed by atoms with van der Waals surface area (Å²) in [5, 5.41) is 0. The zero-order valence-electron chi connectivity index (χ0n) is 8.74. The second-order valence-electron chi connectivity index (χ2n) is 4.05. The number of piperidine rings is 1. The van der Waals surface area contributed by atoms with Crippen LogP contribution in [0, 0.1) is 5.82 Å². The van der Waals surface area contributed by atoms with Crippen molar-refractivity contribution in [3.63, 3.8) is 0 Å². The van der Waals surface area contributed by atoms with Crippen LogP contribution in [-0.4, -0.2) is 30.8 Å². The molecule has 0 bridgehead atoms. The molecule has 2 rings (SSSR count). The number of Topliss-reactive ketones (excluding diaryl/α,β-unsaturated/α-hetero) is 1. The first-order chi connectivity index (χ1) is 7.18. The van der Waals surface area contributed by atoms with Gasteiger partial charge < -0.3 is 4.90 Å². The number of hydrogen-bond acceptors (Lipinski definition) is 2. The topological polar surface area (TPSA) is 20.3 Å². The number of likely N-dealkylation sites (tertiary alicyclic amines) is 1. The number of hydrogen-bond donors (Lipinski definition) is 0. The fraction of sp³-hybridized carbons (Fsp3) is 0.417. The molecular formula is C12H14FNO. The predicted octanol–water partition coefficient (Wildman–Crippen LogP) is 1.81. The maximum absolute atomic E-state index is 13.5. The summed E-state index contributed by atoms with van der Waals surface area (Å²) in [6.07, 6.45) is 0.523. The van der Waals surface area contributed by atoms with E-state index in [9.17, 15) is 9.18 Å². The maximum Gasteiger partial charge on any atom is 0.143 e. The minimum Gasteiger partial charge on any atom is -0.305 e. The van der Waals surface area contributed by atoms with E-state index in [2.05, 4.69) is 4.90 Å². The van der Waals surface area contributed by atoms with E-state index in [1.807, 2.05) is 7.05 Å². The molecule has 0 saturated carbocycles. The average molecular weight is 207 g/mol. The minimum atomic E-state index is -0.287. The highest BCUT2D eigenvalue weighted by Gasteiger charge is 2.28. The Morgan fingerprint density at radius 1 is 1.40 bits per heavy atom. The van der Waals surface area contributed by atoms with Gasteiger partial charge >= 0.3 is 0 Å². The van der Waals surface area contributed by atoms with Crippen LogP contribution in [0.5, 0.6) is 0 Å². The van der Waals surface area contributed by atoms with E-state index in [0.717, 1.165) is 6.54 Å². The highest BCUT2D eigenvalue weighted by molar-refractivity contribution is 5.86. The lowest BCUT2D eigenvalue weighted by Gasteiger charge is -2.28. The quantitative estimate of drug-likeness (QED) is 0.700. The van der Waals surface area contributed by atoms with Crippen LogP contribution in [0.2, 0.25) is 0 Å². The summed E-state index contributed by atoms with van der Waals surface area (Å²) in [5.74, 6) is -0.408. The van der Waals surface area contributed by atoms with Gasteiger partial charge in [-0.15, -0.1) is 0 Å². The SMILES string of the molecule is CN1CCC(=O)C(c2ccccc2F)C1. The van der Waals surface area contributed by atoms with Gasteiger partial charge in [0.25, 0.3) is 0 Å². The molecule has 1 fully saturated rings. The van der Waals surface area contributed by atoms with Gasteiger partial charge in [0.05, 0.1) is 5.92 Å². The van der Waals surface area contributed by atoms with E-state index >= 15 is 0 Å². The van der Waals surface area contributed by atoms with Gasteiger partial charge in [-0.2, -0.15) is 0 Å². The Morgan fingerprint density at radius 2 is 2.13 bits per heavy atom. The number of carbonyl (C=O) groups is 1. The molecule has 1 aromatic rings. The molecule has 1 heterocycles. The summed E-state index contributed by atoms with van der Waals surface area (Å²) in [6.45, 7) is 1.41. The molecule has 1 unspecified atom stereocenters. The highest BCUT2D eigenvalue weighted by atomic mass is 19.1. The Hall–Kier alpha value is -1.22. The van der Waals surface area contributed by atoms with Crippen LogP contribution in [0.3, 0.4) is 0 Å². The number of halogens is 1. The van der Waals surface area contributed by atoms with Crippen molar-refractivity contribution < 1.29 is 9.18 Å². The Balaban J connectivity index is 2.29. The summed E-state index contributed by atoms with van der Waals surface area (Å²) in [5.41, 5.74) is 0.536. The number of nitrogens with zero attached hydrogens (tertiary/aromatic N) is 1. The van der Waals surface area contributed by atoms with Crippen LogP contribution in [0.1, 0.15) is 17.9 Å². The molecule has 15 heavy (non-hydrogen) atoms. The summed E-state index contributed by atoms with van der Waals surface area (Å²) < 4.78 is 13.5. The molecular weight excluding hydrogens is 193 g/mol. The van der Waals surface area contributed by atoms with Gasteiger partial charge in [-0.1, -0.05) is 18.2 Å². The third-order valence-electron chi connectivity index (χ3n) is 2.90. The number of likely N-dealkylation sites (N-methyl/N-ethyl adjacent to an activating group) is 1. The summed E-state index contributed by atoms with van der Waals surface area (Å²) in [7, 11) is 1.96. The predicted molar refractivity (Wildman–Crippen MR) is 56.3 cm³/mol. The zero-order valence-corrected chi connectivity index (χ0v) is 8.74. The summed E-state index contributed by atoms with van der Waals surface area (Å²) in [6, 6.07) is 6.55. The lowest BCUT2D eigenvalue weighted by molar-refractivity contribution is -0.123. The van der Waals surface area contributed by atoms with Gasteiger partial charge in [0.1, 0.15) is 11.6 Å². The first kappa shape index (κ1) is 10.3. The van der Waals surface area contributed by atoms with Crippen LogP contribution < -0.4 is 0 Å². The largest absolute Gasteiger partial charge is 0.305 e. The first-order valence-electron chi connectivity index (χ1n) is 5.14. The number of benzene rings is 1. The van der Waals surface area contributed by atoms with E-state index < -0.39 is 0 Å². The zero-order chi connectivity index (χ0) is 10.8. The normalized spacial score (nSPS) is 23.1. The van der Waals surface area contributed by atoms with Gasteiger partial charge in [-0.25, -0.2) is 4.39 Å². The van der Waals surface area contributed by atoms with Crippen molar-refractivity contribution in [2.24, 2.45) is 0 Å². The Morgan fingerprint density at radius 3 is 2.87 bits per heavy atom. The van der Waals surface area contributed by atoms with Gasteiger partial charge in [0, 0.05) is 19.5 Å². The molecule has 3 heteroatoms. The molecule has 1 aliphatic heterocycles. The van der Waals surface area contributed by atoms with Gasteiger partial charge in [0.15, 0.2) is 0 Å². The van der Waals surface area contributed by atoms with Crippen LogP contribution >= 0.6 is 0 Å². The molecule has 2 nitrogen and oxygen atoms in total. The van der Waals surface area contributed by atoms with Crippen LogP contribution in [0.4, 0.5) is 4.39 Å². The van der Waals surface area contributed by atoms with Crippen LogP contribution in [0.15, 0.2) is 24.3 Å². The fourth-order valence-corrected chi connectivity index (χ4v) is 2.01. The van der Waals surface area contributed by atoms with Crippen molar-refractivity contribution in [2.75, 3.05) is 20.1 Å².